The number of likely N-dealkylation sites (N-methyl/N-ethyl adjacent to an activating group) is 1. The number of methoxy groups -OCH3 is 2. The standard InChI is InChI=1S/C44H58Cl2N2O9/c1-11-25(2)36-33(49)23-30(20-28-21-31(45)38(55-10)32(46)22-28)40(50)47-39(43(5,6)53)41(51)56-37(29-18-13-12-14-19-29)27(4)17-15-16-26(3)34(54-9)24-35-44(7,57-35)42(52)48(36)8/h12-19,21-22,25,27,30,34-37,39,53H,11,20,23-24H2,1-10H3,(H,47,50)/b17-15+,26-16+. The van der Waals surface area contributed by atoms with Crippen LogP contribution in [-0.2, 0) is 39.8 Å². The molecule has 2 aliphatic rings. The number of nitrogens with zero attached hydrogens (tertiary/aromatic N) is 1. The van der Waals surface area contributed by atoms with Gasteiger partial charge in [-0.05, 0) is 68.9 Å². The van der Waals surface area contributed by atoms with E-state index in [1.54, 1.807) is 33.2 Å². The molecule has 0 saturated carbocycles. The maximum Gasteiger partial charge on any atom is 0.332 e. The second-order valence-electron chi connectivity index (χ2n) is 16.1. The number of cyclic esters (lactones) is 1. The van der Waals surface area contributed by atoms with E-state index in [9.17, 15) is 24.3 Å². The minimum absolute atomic E-state index is 0.0261. The number of rotatable bonds is 8. The fourth-order valence-electron chi connectivity index (χ4n) is 7.52. The number of ketones is 1. The molecule has 312 valence electrons. The van der Waals surface area contributed by atoms with Gasteiger partial charge in [0.2, 0.25) is 5.91 Å². The van der Waals surface area contributed by atoms with Gasteiger partial charge in [-0.25, -0.2) is 4.79 Å². The second-order valence-corrected chi connectivity index (χ2v) is 16.9. The Morgan fingerprint density at radius 2 is 1.72 bits per heavy atom. The van der Waals surface area contributed by atoms with Crippen LogP contribution in [0.1, 0.15) is 85.0 Å². The van der Waals surface area contributed by atoms with Crippen molar-refractivity contribution in [3.63, 3.8) is 0 Å². The summed E-state index contributed by atoms with van der Waals surface area (Å²) < 4.78 is 23.4. The second kappa shape index (κ2) is 19.3. The van der Waals surface area contributed by atoms with Gasteiger partial charge in [-0.3, -0.25) is 14.4 Å². The van der Waals surface area contributed by atoms with Crippen molar-refractivity contribution in [2.24, 2.45) is 17.8 Å². The quantitative estimate of drug-likeness (QED) is 0.208. The van der Waals surface area contributed by atoms with E-state index >= 15 is 0 Å². The normalized spacial score (nSPS) is 30.5. The zero-order valence-corrected chi connectivity index (χ0v) is 36.1. The van der Waals surface area contributed by atoms with Gasteiger partial charge < -0.3 is 34.3 Å². The molecule has 2 aromatic carbocycles. The van der Waals surface area contributed by atoms with Gasteiger partial charge in [0.15, 0.2) is 23.2 Å². The van der Waals surface area contributed by atoms with Crippen LogP contribution in [0.5, 0.6) is 5.75 Å². The van der Waals surface area contributed by atoms with Crippen LogP contribution in [0.3, 0.4) is 0 Å². The number of ether oxygens (including phenoxy) is 4. The van der Waals surface area contributed by atoms with Crippen molar-refractivity contribution in [3.8, 4) is 5.75 Å². The summed E-state index contributed by atoms with van der Waals surface area (Å²) in [5.74, 6) is -3.75. The number of halogens is 2. The molecule has 13 heteroatoms. The first-order chi connectivity index (χ1) is 26.8. The maximum atomic E-state index is 14.5. The molecule has 2 aliphatic heterocycles. The van der Waals surface area contributed by atoms with Crippen LogP contribution in [-0.4, -0.2) is 90.3 Å². The lowest BCUT2D eigenvalue weighted by Gasteiger charge is -2.34. The highest BCUT2D eigenvalue weighted by Gasteiger charge is 2.61. The van der Waals surface area contributed by atoms with E-state index in [0.717, 1.165) is 5.57 Å². The number of amides is 2. The summed E-state index contributed by atoms with van der Waals surface area (Å²) in [7, 11) is 4.62. The van der Waals surface area contributed by atoms with Crippen molar-refractivity contribution < 1.29 is 43.2 Å². The number of Topliss-reactive ketones (excluding diaryl/α,β-unsaturated/α-hetero) is 1. The summed E-state index contributed by atoms with van der Waals surface area (Å²) in [4.78, 5) is 58.8. The minimum atomic E-state index is -1.79. The molecule has 11 nitrogen and oxygen atoms in total. The number of fused-ring (bicyclic) bond motifs is 1. The Morgan fingerprint density at radius 1 is 1.09 bits per heavy atom. The Kier molecular flexibility index (Phi) is 15.6. The van der Waals surface area contributed by atoms with Gasteiger partial charge in [-0.2, -0.15) is 0 Å². The smallest absolute Gasteiger partial charge is 0.332 e. The Labute approximate surface area is 347 Å². The highest BCUT2D eigenvalue weighted by atomic mass is 35.5. The fraction of sp³-hybridized carbons (Fsp3) is 0.545. The lowest BCUT2D eigenvalue weighted by atomic mass is 9.85. The maximum absolute atomic E-state index is 14.5. The lowest BCUT2D eigenvalue weighted by Crippen LogP contribution is -2.57. The van der Waals surface area contributed by atoms with Crippen LogP contribution in [0, 0.1) is 17.8 Å². The van der Waals surface area contributed by atoms with E-state index in [4.69, 9.17) is 42.1 Å². The van der Waals surface area contributed by atoms with Crippen LogP contribution in [0.25, 0.3) is 0 Å². The Morgan fingerprint density at radius 3 is 2.28 bits per heavy atom. The topological polar surface area (TPSA) is 144 Å². The highest BCUT2D eigenvalue weighted by molar-refractivity contribution is 6.37. The summed E-state index contributed by atoms with van der Waals surface area (Å²) >= 11 is 13.0. The molecule has 4 rings (SSSR count). The van der Waals surface area contributed by atoms with E-state index in [1.165, 1.54) is 25.9 Å². The number of hydrogen-bond donors (Lipinski definition) is 2. The third kappa shape index (κ3) is 11.1. The van der Waals surface area contributed by atoms with Crippen molar-refractivity contribution >= 4 is 46.8 Å². The lowest BCUT2D eigenvalue weighted by molar-refractivity contribution is -0.162. The molecular formula is C44H58Cl2N2O9. The monoisotopic (exact) mass is 828 g/mol. The third-order valence-electron chi connectivity index (χ3n) is 11.3. The zero-order valence-electron chi connectivity index (χ0n) is 34.6. The molecule has 1 saturated heterocycles. The summed E-state index contributed by atoms with van der Waals surface area (Å²) in [5, 5.41) is 14.5. The van der Waals surface area contributed by atoms with E-state index in [0.29, 0.717) is 24.0 Å². The van der Waals surface area contributed by atoms with Gasteiger partial charge in [0.05, 0.1) is 41.0 Å². The molecule has 2 N–H and O–H groups in total. The predicted octanol–water partition coefficient (Wildman–Crippen LogP) is 7.25. The molecular weight excluding hydrogens is 771 g/mol. The van der Waals surface area contributed by atoms with Crippen molar-refractivity contribution in [2.45, 2.75) is 116 Å². The number of benzene rings is 2. The molecule has 0 aliphatic carbocycles. The van der Waals surface area contributed by atoms with Gasteiger partial charge in [-0.15, -0.1) is 0 Å². The Balaban J connectivity index is 1.84. The summed E-state index contributed by atoms with van der Waals surface area (Å²) in [6, 6.07) is 9.96. The summed E-state index contributed by atoms with van der Waals surface area (Å²) in [6.45, 7) is 12.2. The van der Waals surface area contributed by atoms with Crippen molar-refractivity contribution in [3.05, 3.63) is 87.4 Å². The molecule has 2 amide bonds. The summed E-state index contributed by atoms with van der Waals surface area (Å²) in [5.41, 5.74) is -0.847. The van der Waals surface area contributed by atoms with Crippen LogP contribution in [0.2, 0.25) is 10.0 Å². The zero-order chi connectivity index (χ0) is 42.4. The number of allylic oxidation sites excluding steroid dienone is 2. The molecule has 0 spiro atoms. The van der Waals surface area contributed by atoms with Crippen LogP contribution < -0.4 is 10.1 Å². The molecule has 9 atom stereocenters. The van der Waals surface area contributed by atoms with E-state index in [-0.39, 0.29) is 58.3 Å². The van der Waals surface area contributed by atoms with Crippen molar-refractivity contribution in [1.29, 1.82) is 0 Å². The minimum Gasteiger partial charge on any atom is -0.494 e. The molecule has 57 heavy (non-hydrogen) atoms. The Bertz CT molecular complexity index is 1800. The van der Waals surface area contributed by atoms with Crippen molar-refractivity contribution in [1.82, 2.24) is 10.2 Å². The average molecular weight is 830 g/mol. The van der Waals surface area contributed by atoms with Crippen LogP contribution >= 0.6 is 23.2 Å². The molecule has 0 aromatic heterocycles. The number of nitrogens with one attached hydrogen (secondary N) is 1. The van der Waals surface area contributed by atoms with Crippen LogP contribution in [0.15, 0.2) is 66.3 Å². The Hall–Kier alpha value is -3.74. The SMILES string of the molecule is CCC(C)C1C(=O)CC(Cc2cc(Cl)c(OC)c(Cl)c2)C(=O)NC(C(C)(C)O)C(=O)OC(c2ccccc2)C(C)/C=C/C=C(\C)C(OC)CC2OC2(C)C(=O)N1C. The van der Waals surface area contributed by atoms with E-state index in [2.05, 4.69) is 5.32 Å². The van der Waals surface area contributed by atoms with Gasteiger partial charge in [0.25, 0.3) is 5.91 Å². The summed E-state index contributed by atoms with van der Waals surface area (Å²) in [6.07, 6.45) is 4.66. The number of epoxide rings is 1. The molecule has 9 unspecified atom stereocenters. The average Bonchev–Trinajstić information content (AvgIpc) is 3.82. The number of esters is 1. The number of hydrogen-bond acceptors (Lipinski definition) is 9. The molecule has 1 fully saturated rings. The van der Waals surface area contributed by atoms with Gasteiger partial charge in [-0.1, -0.05) is 99.0 Å². The van der Waals surface area contributed by atoms with Gasteiger partial charge in [0.1, 0.15) is 6.10 Å². The first-order valence-electron chi connectivity index (χ1n) is 19.4. The van der Waals surface area contributed by atoms with Gasteiger partial charge in [0, 0.05) is 38.8 Å². The fourth-order valence-corrected chi connectivity index (χ4v) is 8.21. The van der Waals surface area contributed by atoms with Gasteiger partial charge >= 0.3 is 5.97 Å². The molecule has 0 radical (unpaired) electrons. The molecule has 0 bridgehead atoms. The number of aliphatic hydroxyl groups is 1. The van der Waals surface area contributed by atoms with E-state index in [1.807, 2.05) is 76.3 Å². The van der Waals surface area contributed by atoms with Crippen molar-refractivity contribution in [2.75, 3.05) is 21.3 Å². The largest absolute Gasteiger partial charge is 0.494 e. The predicted molar refractivity (Wildman–Crippen MR) is 220 cm³/mol. The first-order valence-corrected chi connectivity index (χ1v) is 20.2. The van der Waals surface area contributed by atoms with E-state index < -0.39 is 53.3 Å². The molecule has 2 aromatic rings. The number of carbonyl (C=O) groups is 4. The third-order valence-corrected chi connectivity index (χ3v) is 11.8. The first kappa shape index (κ1) is 46.0. The number of carbonyl (C=O) groups excluding carboxylic acids is 4. The highest BCUT2D eigenvalue weighted by Crippen LogP contribution is 2.43. The van der Waals surface area contributed by atoms with Crippen LogP contribution in [0.4, 0.5) is 0 Å². The molecule has 2 heterocycles.